The van der Waals surface area contributed by atoms with Gasteiger partial charge in [0.2, 0.25) is 0 Å². The fourth-order valence-corrected chi connectivity index (χ4v) is 1.88. The molecule has 0 radical (unpaired) electrons. The van der Waals surface area contributed by atoms with E-state index in [1.807, 2.05) is 0 Å². The van der Waals surface area contributed by atoms with Gasteiger partial charge in [-0.1, -0.05) is 0 Å². The summed E-state index contributed by atoms with van der Waals surface area (Å²) in [5.74, 6) is -1.72. The van der Waals surface area contributed by atoms with E-state index in [-0.39, 0.29) is 6.29 Å². The largest absolute Gasteiger partial charge is 0.298 e. The Labute approximate surface area is 102 Å². The zero-order chi connectivity index (χ0) is 12.7. The number of halogens is 2. The molecule has 0 atom stereocenters. The zero-order valence-electron chi connectivity index (χ0n) is 9.44. The molecule has 0 aliphatic heterocycles. The molecule has 1 fully saturated rings. The number of aromatic nitrogens is 2. The minimum absolute atomic E-state index is 0.178. The Bertz CT molecular complexity index is 594. The van der Waals surface area contributed by atoms with Gasteiger partial charge in [0.15, 0.2) is 6.29 Å². The maximum Gasteiger partial charge on any atom is 0.155 e. The van der Waals surface area contributed by atoms with Gasteiger partial charge in [0.05, 0.1) is 17.3 Å². The standard InChI is InChI=1S/C13H10F2N2O/c14-11-5-8(6-12(15)10(11)7-18)13-3-4-17(16-13)9-1-2-9/h3-7,9H,1-2H2. The summed E-state index contributed by atoms with van der Waals surface area (Å²) in [6, 6.07) is 4.40. The van der Waals surface area contributed by atoms with E-state index < -0.39 is 17.2 Å². The van der Waals surface area contributed by atoms with Crippen molar-refractivity contribution in [2.75, 3.05) is 0 Å². The number of nitrogens with zero attached hydrogens (tertiary/aromatic N) is 2. The minimum atomic E-state index is -0.860. The van der Waals surface area contributed by atoms with Crippen LogP contribution in [-0.2, 0) is 0 Å². The Morgan fingerprint density at radius 1 is 1.28 bits per heavy atom. The molecule has 1 aromatic heterocycles. The number of hydrogen-bond acceptors (Lipinski definition) is 2. The van der Waals surface area contributed by atoms with Crippen LogP contribution < -0.4 is 0 Å². The molecule has 5 heteroatoms. The summed E-state index contributed by atoms with van der Waals surface area (Å²) in [6.45, 7) is 0. The van der Waals surface area contributed by atoms with E-state index in [4.69, 9.17) is 0 Å². The van der Waals surface area contributed by atoms with Crippen LogP contribution in [0.5, 0.6) is 0 Å². The highest BCUT2D eigenvalue weighted by Gasteiger charge is 2.24. The van der Waals surface area contributed by atoms with Crippen molar-refractivity contribution in [2.45, 2.75) is 18.9 Å². The van der Waals surface area contributed by atoms with E-state index in [0.29, 0.717) is 17.3 Å². The summed E-state index contributed by atoms with van der Waals surface area (Å²) in [4.78, 5) is 10.5. The monoisotopic (exact) mass is 248 g/mol. The molecule has 0 saturated heterocycles. The van der Waals surface area contributed by atoms with Gasteiger partial charge in [-0.3, -0.25) is 9.48 Å². The second kappa shape index (κ2) is 4.01. The first-order chi connectivity index (χ1) is 8.69. The molecular formula is C13H10F2N2O. The third kappa shape index (κ3) is 1.81. The van der Waals surface area contributed by atoms with Gasteiger partial charge in [0, 0.05) is 11.8 Å². The molecule has 0 unspecified atom stereocenters. The number of carbonyl (C=O) groups excluding carboxylic acids is 1. The normalized spacial score (nSPS) is 14.8. The van der Waals surface area contributed by atoms with Gasteiger partial charge in [-0.15, -0.1) is 0 Å². The van der Waals surface area contributed by atoms with Crippen molar-refractivity contribution < 1.29 is 13.6 Å². The van der Waals surface area contributed by atoms with Crippen LogP contribution in [0.3, 0.4) is 0 Å². The van der Waals surface area contributed by atoms with Crippen molar-refractivity contribution in [2.24, 2.45) is 0 Å². The van der Waals surface area contributed by atoms with Gasteiger partial charge in [-0.05, 0) is 31.0 Å². The van der Waals surface area contributed by atoms with Crippen LogP contribution in [0, 0.1) is 11.6 Å². The van der Waals surface area contributed by atoms with Crippen molar-refractivity contribution in [3.63, 3.8) is 0 Å². The predicted octanol–water partition coefficient (Wildman–Crippen LogP) is 2.98. The van der Waals surface area contributed by atoms with Gasteiger partial charge in [-0.25, -0.2) is 8.78 Å². The van der Waals surface area contributed by atoms with E-state index in [0.717, 1.165) is 25.0 Å². The summed E-state index contributed by atoms with van der Waals surface area (Å²) in [7, 11) is 0. The second-order valence-electron chi connectivity index (χ2n) is 4.38. The SMILES string of the molecule is O=Cc1c(F)cc(-c2ccn(C3CC3)n2)cc1F. The first-order valence-corrected chi connectivity index (χ1v) is 5.69. The van der Waals surface area contributed by atoms with Crippen LogP contribution in [0.25, 0.3) is 11.3 Å². The molecule has 0 bridgehead atoms. The Balaban J connectivity index is 2.02. The summed E-state index contributed by atoms with van der Waals surface area (Å²) < 4.78 is 28.7. The van der Waals surface area contributed by atoms with Gasteiger partial charge < -0.3 is 0 Å². The van der Waals surface area contributed by atoms with Gasteiger partial charge in [-0.2, -0.15) is 5.10 Å². The lowest BCUT2D eigenvalue weighted by molar-refractivity contribution is 0.111. The van der Waals surface area contributed by atoms with Crippen LogP contribution in [0.2, 0.25) is 0 Å². The van der Waals surface area contributed by atoms with Crippen LogP contribution in [0.4, 0.5) is 8.78 Å². The number of carbonyl (C=O) groups is 1. The lowest BCUT2D eigenvalue weighted by atomic mass is 10.1. The first-order valence-electron chi connectivity index (χ1n) is 5.69. The number of hydrogen-bond donors (Lipinski definition) is 0. The van der Waals surface area contributed by atoms with Crippen LogP contribution >= 0.6 is 0 Å². The topological polar surface area (TPSA) is 34.9 Å². The van der Waals surface area contributed by atoms with Crippen molar-refractivity contribution in [3.05, 3.63) is 41.6 Å². The van der Waals surface area contributed by atoms with Gasteiger partial charge in [0.25, 0.3) is 0 Å². The predicted molar refractivity (Wildman–Crippen MR) is 61.2 cm³/mol. The molecular weight excluding hydrogens is 238 g/mol. The summed E-state index contributed by atoms with van der Waals surface area (Å²) >= 11 is 0. The van der Waals surface area contributed by atoms with Gasteiger partial charge in [0.1, 0.15) is 11.6 Å². The molecule has 1 heterocycles. The molecule has 2 aromatic rings. The number of aldehydes is 1. The van der Waals surface area contributed by atoms with Crippen molar-refractivity contribution in [1.29, 1.82) is 0 Å². The molecule has 3 nitrogen and oxygen atoms in total. The fraction of sp³-hybridized carbons (Fsp3) is 0.231. The van der Waals surface area contributed by atoms with Crippen LogP contribution in [0.1, 0.15) is 29.2 Å². The second-order valence-corrected chi connectivity index (χ2v) is 4.38. The summed E-state index contributed by atoms with van der Waals surface area (Å²) in [6.07, 6.45) is 4.16. The first kappa shape index (κ1) is 11.1. The van der Waals surface area contributed by atoms with Crippen molar-refractivity contribution in [3.8, 4) is 11.3 Å². The highest BCUT2D eigenvalue weighted by Crippen LogP contribution is 2.35. The van der Waals surface area contributed by atoms with E-state index in [2.05, 4.69) is 5.10 Å². The lowest BCUT2D eigenvalue weighted by Crippen LogP contribution is -1.97. The highest BCUT2D eigenvalue weighted by molar-refractivity contribution is 5.77. The average molecular weight is 248 g/mol. The maximum atomic E-state index is 13.5. The Morgan fingerprint density at radius 3 is 2.50 bits per heavy atom. The fourth-order valence-electron chi connectivity index (χ4n) is 1.88. The Hall–Kier alpha value is -2.04. The van der Waals surface area contributed by atoms with E-state index in [1.54, 1.807) is 16.9 Å². The number of benzene rings is 1. The quantitative estimate of drug-likeness (QED) is 0.783. The number of rotatable bonds is 3. The zero-order valence-corrected chi connectivity index (χ0v) is 9.44. The van der Waals surface area contributed by atoms with Gasteiger partial charge >= 0.3 is 0 Å². The molecule has 1 aliphatic carbocycles. The maximum absolute atomic E-state index is 13.5. The lowest BCUT2D eigenvalue weighted by Gasteiger charge is -2.02. The Kier molecular flexibility index (Phi) is 2.47. The highest BCUT2D eigenvalue weighted by atomic mass is 19.1. The van der Waals surface area contributed by atoms with Crippen LogP contribution in [0.15, 0.2) is 24.4 Å². The molecule has 1 saturated carbocycles. The molecule has 0 N–H and O–H groups in total. The molecule has 92 valence electrons. The molecule has 18 heavy (non-hydrogen) atoms. The van der Waals surface area contributed by atoms with E-state index in [9.17, 15) is 13.6 Å². The summed E-state index contributed by atoms with van der Waals surface area (Å²) in [5, 5.41) is 4.28. The minimum Gasteiger partial charge on any atom is -0.298 e. The Morgan fingerprint density at radius 2 is 1.94 bits per heavy atom. The smallest absolute Gasteiger partial charge is 0.155 e. The van der Waals surface area contributed by atoms with E-state index >= 15 is 0 Å². The molecule has 3 rings (SSSR count). The summed E-state index contributed by atoms with van der Waals surface area (Å²) in [5.41, 5.74) is 0.313. The molecule has 0 spiro atoms. The average Bonchev–Trinajstić information content (AvgIpc) is 3.07. The molecule has 0 amide bonds. The van der Waals surface area contributed by atoms with Crippen molar-refractivity contribution in [1.82, 2.24) is 9.78 Å². The van der Waals surface area contributed by atoms with Crippen molar-refractivity contribution >= 4 is 6.29 Å². The molecule has 1 aromatic carbocycles. The van der Waals surface area contributed by atoms with Crippen LogP contribution in [-0.4, -0.2) is 16.1 Å². The third-order valence-corrected chi connectivity index (χ3v) is 3.02. The van der Waals surface area contributed by atoms with E-state index in [1.165, 1.54) is 0 Å². The third-order valence-electron chi connectivity index (χ3n) is 3.02. The molecule has 1 aliphatic rings.